The van der Waals surface area contributed by atoms with E-state index in [0.717, 1.165) is 30.6 Å². The zero-order valence-corrected chi connectivity index (χ0v) is 24.8. The van der Waals surface area contributed by atoms with Crippen LogP contribution in [-0.4, -0.2) is 23.4 Å². The van der Waals surface area contributed by atoms with E-state index in [9.17, 15) is 0 Å². The van der Waals surface area contributed by atoms with E-state index < -0.39 is 5.41 Å². The van der Waals surface area contributed by atoms with Crippen molar-refractivity contribution in [2.24, 2.45) is 5.41 Å². The Hall–Kier alpha value is -3.46. The van der Waals surface area contributed by atoms with Crippen LogP contribution < -0.4 is 4.90 Å². The molecule has 0 radical (unpaired) electrons. The number of rotatable bonds is 5. The highest BCUT2D eigenvalue weighted by molar-refractivity contribution is 6.08. The summed E-state index contributed by atoms with van der Waals surface area (Å²) >= 11 is 0. The second-order valence-electron chi connectivity index (χ2n) is 13.4. The fourth-order valence-electron chi connectivity index (χ4n) is 7.17. The Kier molecular flexibility index (Phi) is 6.81. The molecule has 2 heterocycles. The third-order valence-corrected chi connectivity index (χ3v) is 9.08. The second kappa shape index (κ2) is 10.2. The third-order valence-electron chi connectivity index (χ3n) is 9.08. The zero-order valence-electron chi connectivity index (χ0n) is 24.8. The molecule has 206 valence electrons. The fourth-order valence-corrected chi connectivity index (χ4v) is 7.17. The normalized spacial score (nSPS) is 19.1. The number of pyridine rings is 1. The van der Waals surface area contributed by atoms with Gasteiger partial charge in [0, 0.05) is 18.0 Å². The van der Waals surface area contributed by atoms with Crippen LogP contribution in [0.5, 0.6) is 0 Å². The first kappa shape index (κ1) is 26.7. The summed E-state index contributed by atoms with van der Waals surface area (Å²) < 4.78 is 0. The Labute approximate surface area is 239 Å². The number of nitrogens with zero attached hydrogens (tertiary/aromatic N) is 2. The van der Waals surface area contributed by atoms with Crippen molar-refractivity contribution in [3.63, 3.8) is 0 Å². The predicted octanol–water partition coefficient (Wildman–Crippen LogP) is 8.29. The van der Waals surface area contributed by atoms with E-state index in [2.05, 4.69) is 112 Å². The molecule has 3 heteroatoms. The van der Waals surface area contributed by atoms with Gasteiger partial charge in [-0.2, -0.15) is 0 Å². The van der Waals surface area contributed by atoms with Crippen molar-refractivity contribution < 1.29 is 4.79 Å². The maximum Gasteiger partial charge on any atom is 0.175 e. The summed E-state index contributed by atoms with van der Waals surface area (Å²) in [6.45, 7) is 12.0. The van der Waals surface area contributed by atoms with Gasteiger partial charge in [0.25, 0.3) is 0 Å². The molecule has 0 saturated carbocycles. The molecule has 0 fully saturated rings. The SMILES string of the molecule is CC(C)N1CC(Cc2ccccc2)(Cc2cccc3ccccc23)C(=O)c2c1nc(C(C)(C)C)c1c2CCCC1. The largest absolute Gasteiger partial charge is 0.353 e. The first-order chi connectivity index (χ1) is 19.2. The van der Waals surface area contributed by atoms with Gasteiger partial charge in [0.1, 0.15) is 5.82 Å². The number of carbonyl (C=O) groups excluding carboxylic acids is 1. The summed E-state index contributed by atoms with van der Waals surface area (Å²) in [6.07, 6.45) is 5.72. The van der Waals surface area contributed by atoms with E-state index in [0.29, 0.717) is 25.2 Å². The topological polar surface area (TPSA) is 33.2 Å². The van der Waals surface area contributed by atoms with Crippen molar-refractivity contribution in [1.82, 2.24) is 4.98 Å². The Morgan fingerprint density at radius 2 is 1.52 bits per heavy atom. The lowest BCUT2D eigenvalue weighted by Gasteiger charge is -2.47. The van der Waals surface area contributed by atoms with Crippen molar-refractivity contribution in [2.45, 2.75) is 84.6 Å². The van der Waals surface area contributed by atoms with Gasteiger partial charge in [-0.3, -0.25) is 4.79 Å². The molecular weight excluding hydrogens is 488 g/mol. The molecular formula is C37H42N2O. The average Bonchev–Trinajstić information content (AvgIpc) is 2.94. The van der Waals surface area contributed by atoms with Crippen LogP contribution in [-0.2, 0) is 31.1 Å². The number of Topliss-reactive ketones (excluding diaryl/α,β-unsaturated/α-hetero) is 1. The molecule has 1 aliphatic carbocycles. The Bertz CT molecular complexity index is 1560. The van der Waals surface area contributed by atoms with E-state index in [1.807, 2.05) is 0 Å². The lowest BCUT2D eigenvalue weighted by atomic mass is 9.66. The number of carbonyl (C=O) groups is 1. The molecule has 0 amide bonds. The smallest absolute Gasteiger partial charge is 0.175 e. The summed E-state index contributed by atoms with van der Waals surface area (Å²) in [6, 6.07) is 26.0. The molecule has 1 atom stereocenters. The second-order valence-corrected chi connectivity index (χ2v) is 13.4. The minimum absolute atomic E-state index is 0.0658. The quantitative estimate of drug-likeness (QED) is 0.260. The van der Waals surface area contributed by atoms with E-state index in [1.54, 1.807) is 0 Å². The minimum atomic E-state index is -0.584. The van der Waals surface area contributed by atoms with Gasteiger partial charge in [-0.25, -0.2) is 4.98 Å². The van der Waals surface area contributed by atoms with Crippen LogP contribution in [0.1, 0.15) is 85.8 Å². The van der Waals surface area contributed by atoms with Gasteiger partial charge in [0.2, 0.25) is 0 Å². The first-order valence-corrected chi connectivity index (χ1v) is 15.1. The summed E-state index contributed by atoms with van der Waals surface area (Å²) in [4.78, 5) is 23.1. The molecule has 6 rings (SSSR count). The molecule has 1 unspecified atom stereocenters. The van der Waals surface area contributed by atoms with E-state index in [4.69, 9.17) is 4.98 Å². The zero-order chi connectivity index (χ0) is 28.1. The van der Waals surface area contributed by atoms with Gasteiger partial charge >= 0.3 is 0 Å². The summed E-state index contributed by atoms with van der Waals surface area (Å²) in [5.41, 5.74) is 6.55. The molecule has 1 aromatic heterocycles. The van der Waals surface area contributed by atoms with Crippen LogP contribution >= 0.6 is 0 Å². The minimum Gasteiger partial charge on any atom is -0.353 e. The van der Waals surface area contributed by atoms with Gasteiger partial charge in [-0.1, -0.05) is 93.6 Å². The van der Waals surface area contributed by atoms with Crippen LogP contribution in [0.3, 0.4) is 0 Å². The van der Waals surface area contributed by atoms with Crippen molar-refractivity contribution in [3.8, 4) is 0 Å². The monoisotopic (exact) mass is 530 g/mol. The molecule has 40 heavy (non-hydrogen) atoms. The Balaban J connectivity index is 1.59. The molecule has 0 spiro atoms. The Morgan fingerprint density at radius 1 is 0.850 bits per heavy atom. The van der Waals surface area contributed by atoms with Crippen molar-refractivity contribution in [1.29, 1.82) is 0 Å². The molecule has 0 N–H and O–H groups in total. The van der Waals surface area contributed by atoms with Gasteiger partial charge in [0.15, 0.2) is 5.78 Å². The molecule has 2 aliphatic rings. The van der Waals surface area contributed by atoms with E-state index in [1.165, 1.54) is 45.1 Å². The lowest BCUT2D eigenvalue weighted by molar-refractivity contribution is 0.0778. The lowest BCUT2D eigenvalue weighted by Crippen LogP contribution is -2.54. The fraction of sp³-hybridized carbons (Fsp3) is 0.405. The van der Waals surface area contributed by atoms with Gasteiger partial charge in [-0.05, 0) is 85.4 Å². The molecule has 4 aromatic rings. The van der Waals surface area contributed by atoms with Crippen LogP contribution in [0.15, 0.2) is 72.8 Å². The van der Waals surface area contributed by atoms with Gasteiger partial charge in [-0.15, -0.1) is 0 Å². The highest BCUT2D eigenvalue weighted by Crippen LogP contribution is 2.47. The average molecular weight is 531 g/mol. The van der Waals surface area contributed by atoms with Gasteiger partial charge < -0.3 is 4.90 Å². The third kappa shape index (κ3) is 4.64. The van der Waals surface area contributed by atoms with Crippen LogP contribution in [0.4, 0.5) is 5.82 Å². The number of ketones is 1. The van der Waals surface area contributed by atoms with E-state index in [-0.39, 0.29) is 11.5 Å². The number of hydrogen-bond acceptors (Lipinski definition) is 3. The van der Waals surface area contributed by atoms with Crippen molar-refractivity contribution in [3.05, 3.63) is 106 Å². The first-order valence-electron chi connectivity index (χ1n) is 15.1. The number of fused-ring (bicyclic) bond motifs is 4. The number of hydrogen-bond donors (Lipinski definition) is 0. The molecule has 3 nitrogen and oxygen atoms in total. The van der Waals surface area contributed by atoms with Gasteiger partial charge in [0.05, 0.1) is 16.7 Å². The standard InChI is InChI=1S/C37H42N2O/c1-25(2)39-24-37(22-26-14-7-6-8-15-26,23-28-18-13-17-27-16-9-10-19-29(27)28)34(40)32-30-20-11-12-21-31(30)33(36(3,4)5)38-35(32)39/h6-10,13-19,25H,11-12,20-24H2,1-5H3. The molecule has 0 saturated heterocycles. The molecule has 0 bridgehead atoms. The number of anilines is 1. The highest BCUT2D eigenvalue weighted by atomic mass is 16.1. The van der Waals surface area contributed by atoms with Crippen LogP contribution in [0.25, 0.3) is 10.8 Å². The van der Waals surface area contributed by atoms with E-state index >= 15 is 4.79 Å². The highest BCUT2D eigenvalue weighted by Gasteiger charge is 2.49. The van der Waals surface area contributed by atoms with Crippen LogP contribution in [0.2, 0.25) is 0 Å². The van der Waals surface area contributed by atoms with Crippen molar-refractivity contribution >= 4 is 22.4 Å². The number of aromatic nitrogens is 1. The van der Waals surface area contributed by atoms with Crippen LogP contribution in [0, 0.1) is 5.41 Å². The summed E-state index contributed by atoms with van der Waals surface area (Å²) in [5.74, 6) is 1.22. The number of benzene rings is 3. The molecule has 3 aromatic carbocycles. The van der Waals surface area contributed by atoms with Crippen molar-refractivity contribution in [2.75, 3.05) is 11.4 Å². The predicted molar refractivity (Wildman–Crippen MR) is 167 cm³/mol. The summed E-state index contributed by atoms with van der Waals surface area (Å²) in [7, 11) is 0. The summed E-state index contributed by atoms with van der Waals surface area (Å²) in [5, 5.41) is 2.48. The molecule has 1 aliphatic heterocycles. The Morgan fingerprint density at radius 3 is 2.25 bits per heavy atom. The maximum atomic E-state index is 15.2. The maximum absolute atomic E-state index is 15.2.